The first kappa shape index (κ1) is 31.3. The van der Waals surface area contributed by atoms with E-state index in [-0.39, 0.29) is 38.3 Å². The van der Waals surface area contributed by atoms with Gasteiger partial charge in [0.05, 0.1) is 6.04 Å². The van der Waals surface area contributed by atoms with Gasteiger partial charge in [-0.3, -0.25) is 9.89 Å². The number of amides is 1. The molecule has 0 saturated carbocycles. The molecule has 0 aromatic carbocycles. The molecule has 0 bridgehead atoms. The van der Waals surface area contributed by atoms with Gasteiger partial charge in [-0.15, -0.1) is 13.1 Å². The van der Waals surface area contributed by atoms with E-state index in [0.717, 1.165) is 12.3 Å². The summed E-state index contributed by atoms with van der Waals surface area (Å²) in [5.41, 5.74) is -1.47. The van der Waals surface area contributed by atoms with Crippen molar-refractivity contribution in [2.45, 2.75) is 39.9 Å². The molecule has 0 aliphatic heterocycles. The molecule has 1 radical (unpaired) electrons. The smallest absolute Gasteiger partial charge is 0.433 e. The Morgan fingerprint density at radius 1 is 1.32 bits per heavy atom. The molecule has 2 aromatic heterocycles. The van der Waals surface area contributed by atoms with Gasteiger partial charge in [-0.2, -0.15) is 30.7 Å². The predicted molar refractivity (Wildman–Crippen MR) is 110 cm³/mol. The molecule has 169 valence electrons. The summed E-state index contributed by atoms with van der Waals surface area (Å²) in [7, 11) is 1.64. The summed E-state index contributed by atoms with van der Waals surface area (Å²) in [6.45, 7) is 7.29. The van der Waals surface area contributed by atoms with Crippen LogP contribution in [0.3, 0.4) is 0 Å². The molecule has 2 aromatic rings. The molecule has 0 saturated heterocycles. The number of nitrogens with zero attached hydrogens (tertiary/aromatic N) is 5. The average Bonchev–Trinajstić information content (AvgIpc) is 3.13. The van der Waals surface area contributed by atoms with Gasteiger partial charge >= 0.3 is 6.18 Å². The second-order valence-electron chi connectivity index (χ2n) is 5.28. The average molecular weight is 535 g/mol. The molecular formula is C18H23ClF3N7OY-2. The van der Waals surface area contributed by atoms with Crippen LogP contribution < -0.4 is 5.32 Å². The molecule has 2 rings (SSSR count). The molecule has 1 amide bonds. The minimum absolute atomic E-state index is 0. The van der Waals surface area contributed by atoms with Crippen LogP contribution in [0, 0.1) is 6.92 Å². The van der Waals surface area contributed by atoms with Gasteiger partial charge in [0.2, 0.25) is 0 Å². The normalized spacial score (nSPS) is 11.1. The van der Waals surface area contributed by atoms with Crippen molar-refractivity contribution in [2.24, 2.45) is 0 Å². The van der Waals surface area contributed by atoms with Gasteiger partial charge in [-0.25, -0.2) is 9.97 Å². The number of aromatic nitrogens is 4. The van der Waals surface area contributed by atoms with E-state index in [0.29, 0.717) is 17.7 Å². The number of pyridine rings is 1. The van der Waals surface area contributed by atoms with E-state index in [4.69, 9.17) is 17.0 Å². The second kappa shape index (κ2) is 15.9. The Morgan fingerprint density at radius 2 is 1.94 bits per heavy atom. The van der Waals surface area contributed by atoms with Crippen LogP contribution >= 0.6 is 11.6 Å². The summed E-state index contributed by atoms with van der Waals surface area (Å²) >= 11 is 5.54. The Hall–Kier alpha value is -1.85. The van der Waals surface area contributed by atoms with E-state index < -0.39 is 29.0 Å². The summed E-state index contributed by atoms with van der Waals surface area (Å²) < 4.78 is 38.0. The van der Waals surface area contributed by atoms with Crippen molar-refractivity contribution in [2.75, 3.05) is 7.05 Å². The van der Waals surface area contributed by atoms with Crippen LogP contribution in [-0.4, -0.2) is 39.3 Å². The number of carbonyl (C=O) groups is 1. The zero-order chi connectivity index (χ0) is 23.3. The molecule has 0 fully saturated rings. The van der Waals surface area contributed by atoms with Crippen molar-refractivity contribution in [1.29, 1.82) is 0 Å². The van der Waals surface area contributed by atoms with Gasteiger partial charge in [0.15, 0.2) is 5.82 Å². The van der Waals surface area contributed by atoms with Gasteiger partial charge in [0.1, 0.15) is 16.7 Å². The molecular weight excluding hydrogens is 512 g/mol. The number of aromatic amines is 1. The molecule has 31 heavy (non-hydrogen) atoms. The second-order valence-corrected chi connectivity index (χ2v) is 5.67. The number of hydrogen-bond acceptors (Lipinski definition) is 4. The van der Waals surface area contributed by atoms with E-state index in [9.17, 15) is 18.0 Å². The molecule has 0 spiro atoms. The van der Waals surface area contributed by atoms with E-state index in [2.05, 4.69) is 30.8 Å². The number of allylic oxidation sites excluding steroid dienone is 1. The Labute approximate surface area is 209 Å². The molecule has 8 nitrogen and oxygen atoms in total. The standard InChI is InChI=1S/C12H11ClF3N5O.C4H6N2.C2H6.Y/c1-5(10-18-6(2)20-21-10)17-11(22)7-3-8(12(14,15)16)19-9(13)4-7;1-6-4-2-3-5;1-2;/h3-5H,1-2H3,(H,17,22)(H,18,20,21);2-4H,1H3;1-2H3;/q;-2;;/b;4-2-;;. The van der Waals surface area contributed by atoms with Crippen LogP contribution in [0.5, 0.6) is 0 Å². The minimum atomic E-state index is -4.69. The number of rotatable bonds is 5. The van der Waals surface area contributed by atoms with Crippen molar-refractivity contribution in [3.63, 3.8) is 0 Å². The third kappa shape index (κ3) is 11.9. The monoisotopic (exact) mass is 534 g/mol. The molecule has 0 aliphatic rings. The van der Waals surface area contributed by atoms with E-state index in [1.807, 2.05) is 13.8 Å². The summed E-state index contributed by atoms with van der Waals surface area (Å²) in [4.78, 5) is 19.2. The topological polar surface area (TPSA) is 120 Å². The molecule has 0 aliphatic carbocycles. The first-order chi connectivity index (χ1) is 14.1. The number of nitrogens with one attached hydrogen (secondary N) is 2. The van der Waals surface area contributed by atoms with E-state index in [1.54, 1.807) is 20.9 Å². The van der Waals surface area contributed by atoms with Gasteiger partial charge in [0, 0.05) is 38.3 Å². The molecule has 1 atom stereocenters. The van der Waals surface area contributed by atoms with E-state index >= 15 is 0 Å². The summed E-state index contributed by atoms with van der Waals surface area (Å²) in [5, 5.41) is 20.0. The van der Waals surface area contributed by atoms with Gasteiger partial charge in [-0.1, -0.05) is 25.4 Å². The van der Waals surface area contributed by atoms with Crippen molar-refractivity contribution in [1.82, 2.24) is 25.5 Å². The molecule has 13 heteroatoms. The van der Waals surface area contributed by atoms with E-state index in [1.165, 1.54) is 12.3 Å². The van der Waals surface area contributed by atoms with Crippen molar-refractivity contribution < 1.29 is 50.7 Å². The van der Waals surface area contributed by atoms with Gasteiger partial charge < -0.3 is 16.0 Å². The summed E-state index contributed by atoms with van der Waals surface area (Å²) in [6, 6.07) is 1.11. The zero-order valence-electron chi connectivity index (χ0n) is 17.7. The van der Waals surface area contributed by atoms with Crippen LogP contribution in [0.4, 0.5) is 13.2 Å². The molecule has 1 unspecified atom stereocenters. The quantitative estimate of drug-likeness (QED) is 0.421. The Kier molecular flexibility index (Phi) is 16.1. The fourth-order valence-electron chi connectivity index (χ4n) is 1.80. The van der Waals surface area contributed by atoms with Gasteiger partial charge in [0.25, 0.3) is 5.91 Å². The number of hydrogen-bond donors (Lipinski definition) is 2. The predicted octanol–water partition coefficient (Wildman–Crippen LogP) is 4.84. The Morgan fingerprint density at radius 3 is 2.35 bits per heavy atom. The zero-order valence-corrected chi connectivity index (χ0v) is 21.3. The number of carbonyl (C=O) groups excluding carboxylic acids is 1. The maximum atomic E-state index is 12.7. The minimum Gasteiger partial charge on any atom is -0.811 e. The number of alkyl halides is 3. The van der Waals surface area contributed by atoms with Crippen LogP contribution in [0.2, 0.25) is 5.15 Å². The summed E-state index contributed by atoms with van der Waals surface area (Å²) in [6.07, 6.45) is -0.806. The fourth-order valence-corrected chi connectivity index (χ4v) is 2.00. The van der Waals surface area contributed by atoms with Crippen molar-refractivity contribution >= 4 is 23.7 Å². The van der Waals surface area contributed by atoms with Gasteiger partial charge in [-0.05, 0) is 26.0 Å². The van der Waals surface area contributed by atoms with Crippen LogP contribution in [0.1, 0.15) is 54.5 Å². The maximum absolute atomic E-state index is 12.7. The van der Waals surface area contributed by atoms with Crippen LogP contribution in [-0.2, 0) is 38.9 Å². The van der Waals surface area contributed by atoms with Crippen molar-refractivity contribution in [3.8, 4) is 0 Å². The van der Waals surface area contributed by atoms with Crippen LogP contribution in [0.15, 0.2) is 24.4 Å². The maximum Gasteiger partial charge on any atom is 0.433 e. The third-order valence-corrected chi connectivity index (χ3v) is 3.21. The Balaban J connectivity index is 0. The fraction of sp³-hybridized carbons (Fsp3) is 0.389. The van der Waals surface area contributed by atoms with Crippen molar-refractivity contribution in [3.05, 3.63) is 63.2 Å². The first-order valence-corrected chi connectivity index (χ1v) is 9.12. The third-order valence-electron chi connectivity index (χ3n) is 3.02. The largest absolute Gasteiger partial charge is 0.811 e. The Bertz CT molecular complexity index is 844. The number of H-pyrrole nitrogens is 1. The van der Waals surface area contributed by atoms with Crippen LogP contribution in [0.25, 0.3) is 10.7 Å². The SMILES string of the molecule is CC.C[N-]/C=C\C=[N-].Cc1nc(C(C)NC(=O)c2cc(Cl)nc(C(F)(F)F)c2)n[nH]1.[Y]. The molecule has 2 heterocycles. The summed E-state index contributed by atoms with van der Waals surface area (Å²) in [5.74, 6) is 0.147. The number of halogens is 4. The number of aryl methyl sites for hydroxylation is 1. The molecule has 2 N–H and O–H groups in total. The first-order valence-electron chi connectivity index (χ1n) is 8.74.